The van der Waals surface area contributed by atoms with E-state index < -0.39 is 21.3 Å². The summed E-state index contributed by atoms with van der Waals surface area (Å²) in [4.78, 5) is 15.0. The summed E-state index contributed by atoms with van der Waals surface area (Å²) in [6.45, 7) is 10.1. The lowest BCUT2D eigenvalue weighted by molar-refractivity contribution is -0.0385. The van der Waals surface area contributed by atoms with Crippen LogP contribution < -0.4 is 18.9 Å². The third-order valence-electron chi connectivity index (χ3n) is 7.10. The number of aliphatic imine (C=N–C) groups is 2. The zero-order chi connectivity index (χ0) is 32.0. The van der Waals surface area contributed by atoms with E-state index in [1.54, 1.807) is 56.6 Å². The van der Waals surface area contributed by atoms with Crippen molar-refractivity contribution in [3.8, 4) is 34.6 Å². The second kappa shape index (κ2) is 14.0. The number of sulfonamides is 1. The van der Waals surface area contributed by atoms with Gasteiger partial charge in [0.2, 0.25) is 21.9 Å². The van der Waals surface area contributed by atoms with Gasteiger partial charge in [0, 0.05) is 32.5 Å². The van der Waals surface area contributed by atoms with E-state index in [0.717, 1.165) is 5.57 Å². The second-order valence-corrected chi connectivity index (χ2v) is 12.3. The van der Waals surface area contributed by atoms with Crippen LogP contribution in [-0.2, 0) is 14.8 Å². The molecule has 44 heavy (non-hydrogen) atoms. The summed E-state index contributed by atoms with van der Waals surface area (Å²) < 4.78 is 54.5. The Hall–Kier alpha value is -4.34. The molecular weight excluding hydrogens is 588 g/mol. The van der Waals surface area contributed by atoms with Crippen LogP contribution in [0.2, 0.25) is 0 Å². The molecule has 3 aromatic rings. The molecule has 1 aromatic carbocycles. The number of hydrogen-bond acceptors (Lipinski definition) is 11. The Morgan fingerprint density at radius 1 is 1.05 bits per heavy atom. The summed E-state index contributed by atoms with van der Waals surface area (Å²) in [6.07, 6.45) is 1.60. The Morgan fingerprint density at radius 3 is 2.27 bits per heavy atom. The fourth-order valence-electron chi connectivity index (χ4n) is 4.74. The molecular formula is C29H38N8O6S. The molecule has 2 aromatic heterocycles. The summed E-state index contributed by atoms with van der Waals surface area (Å²) in [5.41, 5.74) is 1.67. The number of rotatable bonds is 13. The van der Waals surface area contributed by atoms with E-state index in [-0.39, 0.29) is 23.7 Å². The average Bonchev–Trinajstić information content (AvgIpc) is 3.40. The molecule has 1 aliphatic heterocycles. The number of ether oxygens (including phenoxy) is 4. The van der Waals surface area contributed by atoms with E-state index in [1.807, 2.05) is 18.7 Å². The molecule has 4 rings (SSSR count). The Morgan fingerprint density at radius 2 is 1.70 bits per heavy atom. The minimum atomic E-state index is -4.17. The maximum Gasteiger partial charge on any atom is 0.243 e. The van der Waals surface area contributed by atoms with Crippen LogP contribution in [-0.4, -0.2) is 105 Å². The van der Waals surface area contributed by atoms with Crippen LogP contribution in [0.1, 0.15) is 20.8 Å². The number of methoxy groups -OCH3 is 4. The van der Waals surface area contributed by atoms with Gasteiger partial charge in [-0.25, -0.2) is 23.4 Å². The number of benzene rings is 1. The van der Waals surface area contributed by atoms with E-state index >= 15 is 0 Å². The first-order chi connectivity index (χ1) is 21.1. The molecule has 14 nitrogen and oxygen atoms in total. The van der Waals surface area contributed by atoms with Crippen LogP contribution in [0.15, 0.2) is 58.2 Å². The number of pyridine rings is 1. The van der Waals surface area contributed by atoms with Gasteiger partial charge in [-0.05, 0) is 45.7 Å². The maximum absolute atomic E-state index is 14.2. The lowest BCUT2D eigenvalue weighted by Crippen LogP contribution is -2.62. The van der Waals surface area contributed by atoms with E-state index in [2.05, 4.69) is 36.6 Å². The molecule has 0 saturated carbocycles. The minimum Gasteiger partial charge on any atom is -0.494 e. The highest BCUT2D eigenvalue weighted by molar-refractivity contribution is 7.93. The van der Waals surface area contributed by atoms with E-state index in [1.165, 1.54) is 25.9 Å². The van der Waals surface area contributed by atoms with Crippen LogP contribution in [0, 0.1) is 0 Å². The summed E-state index contributed by atoms with van der Waals surface area (Å²) >= 11 is 0. The number of nitrogens with zero attached hydrogens (tertiary/aromatic N) is 7. The lowest BCUT2D eigenvalue weighted by atomic mass is 10.0. The predicted octanol–water partition coefficient (Wildman–Crippen LogP) is 3.21. The Labute approximate surface area is 257 Å². The highest BCUT2D eigenvalue weighted by Gasteiger charge is 2.43. The maximum atomic E-state index is 14.2. The largest absolute Gasteiger partial charge is 0.494 e. The van der Waals surface area contributed by atoms with Crippen molar-refractivity contribution in [1.82, 2.24) is 24.6 Å². The first-order valence-electron chi connectivity index (χ1n) is 13.7. The number of para-hydroxylation sites is 1. The molecule has 1 aliphatic rings. The number of likely N-dealkylation sites (tertiary alicyclic amines) is 1. The van der Waals surface area contributed by atoms with E-state index in [9.17, 15) is 8.42 Å². The van der Waals surface area contributed by atoms with Crippen LogP contribution >= 0.6 is 0 Å². The number of amidine groups is 1. The number of hydrogen-bond donors (Lipinski definition) is 1. The quantitative estimate of drug-likeness (QED) is 0.221. The molecule has 15 heteroatoms. The van der Waals surface area contributed by atoms with Crippen molar-refractivity contribution in [2.75, 3.05) is 46.3 Å². The molecule has 0 aliphatic carbocycles. The Bertz CT molecular complexity index is 1620. The summed E-state index contributed by atoms with van der Waals surface area (Å²) in [5.74, 6) is 1.50. The SMILES string of the molecule is C=N/C(=N\C=C(C)C)[C@H]([C@H](C)S(=O)(=O)Nc1nnc(-c2cccc(OC)n2)n1-c1c(OC)cccc1OC)N1CC(OC)C1. The monoisotopic (exact) mass is 626 g/mol. The number of anilines is 1. The normalized spacial score (nSPS) is 15.6. The van der Waals surface area contributed by atoms with Crippen molar-refractivity contribution in [1.29, 1.82) is 0 Å². The molecule has 0 radical (unpaired) electrons. The van der Waals surface area contributed by atoms with Gasteiger partial charge in [-0.2, -0.15) is 0 Å². The molecule has 0 unspecified atom stereocenters. The van der Waals surface area contributed by atoms with Gasteiger partial charge in [0.1, 0.15) is 34.0 Å². The number of nitrogens with one attached hydrogen (secondary N) is 1. The lowest BCUT2D eigenvalue weighted by Gasteiger charge is -2.44. The van der Waals surface area contributed by atoms with Crippen LogP contribution in [0.5, 0.6) is 17.4 Å². The van der Waals surface area contributed by atoms with Crippen molar-refractivity contribution in [3.05, 3.63) is 48.2 Å². The smallest absolute Gasteiger partial charge is 0.243 e. The van der Waals surface area contributed by atoms with Gasteiger partial charge >= 0.3 is 0 Å². The van der Waals surface area contributed by atoms with Crippen molar-refractivity contribution >= 4 is 28.5 Å². The van der Waals surface area contributed by atoms with Gasteiger partial charge in [0.25, 0.3) is 0 Å². The first-order valence-corrected chi connectivity index (χ1v) is 15.3. The van der Waals surface area contributed by atoms with Gasteiger partial charge in [-0.15, -0.1) is 10.2 Å². The molecule has 3 heterocycles. The minimum absolute atomic E-state index is 0.0334. The van der Waals surface area contributed by atoms with Crippen LogP contribution in [0.25, 0.3) is 17.2 Å². The van der Waals surface area contributed by atoms with Crippen LogP contribution in [0.3, 0.4) is 0 Å². The molecule has 0 amide bonds. The molecule has 0 bridgehead atoms. The number of allylic oxidation sites excluding steroid dienone is 1. The zero-order valence-corrected chi connectivity index (χ0v) is 26.7. The highest BCUT2D eigenvalue weighted by atomic mass is 32.2. The van der Waals surface area contributed by atoms with E-state index in [4.69, 9.17) is 18.9 Å². The zero-order valence-electron chi connectivity index (χ0n) is 25.9. The molecule has 1 fully saturated rings. The molecule has 1 saturated heterocycles. The molecule has 2 atom stereocenters. The molecule has 1 N–H and O–H groups in total. The van der Waals surface area contributed by atoms with Crippen molar-refractivity contribution in [2.45, 2.75) is 38.2 Å². The van der Waals surface area contributed by atoms with Gasteiger partial charge < -0.3 is 18.9 Å². The second-order valence-electron chi connectivity index (χ2n) is 10.2. The first kappa shape index (κ1) is 32.6. The third kappa shape index (κ3) is 6.74. The Balaban J connectivity index is 1.85. The van der Waals surface area contributed by atoms with Crippen molar-refractivity contribution in [2.24, 2.45) is 9.98 Å². The predicted molar refractivity (Wildman–Crippen MR) is 169 cm³/mol. The number of aromatic nitrogens is 4. The Kier molecular flexibility index (Phi) is 10.3. The summed E-state index contributed by atoms with van der Waals surface area (Å²) in [5, 5.41) is 7.53. The van der Waals surface area contributed by atoms with Crippen molar-refractivity contribution in [3.63, 3.8) is 0 Å². The fourth-order valence-corrected chi connectivity index (χ4v) is 5.95. The highest BCUT2D eigenvalue weighted by Crippen LogP contribution is 2.38. The van der Waals surface area contributed by atoms with Gasteiger partial charge in [0.05, 0.1) is 33.5 Å². The van der Waals surface area contributed by atoms with Crippen molar-refractivity contribution < 1.29 is 27.4 Å². The average molecular weight is 627 g/mol. The summed E-state index contributed by atoms with van der Waals surface area (Å²) in [6, 6.07) is 9.59. The topological polar surface area (TPSA) is 155 Å². The summed E-state index contributed by atoms with van der Waals surface area (Å²) in [7, 11) is 1.94. The molecule has 0 spiro atoms. The molecule has 236 valence electrons. The standard InChI is InChI=1S/C29H38N8O6S/c1-18(2)15-31-27(30-4)25(36-16-20(17-36)40-5)19(3)44(38,39)35-29-34-33-28(21-11-9-14-24(32-21)43-8)37(29)26-22(41-6)12-10-13-23(26)42-7/h9-15,19-20,25H,4,16-17H2,1-3,5-8H3,(H,34,35)/b31-27-/t19-,25-/m0/s1. The van der Waals surface area contributed by atoms with Gasteiger partial charge in [-0.1, -0.05) is 17.7 Å². The fraction of sp³-hybridized carbons (Fsp3) is 0.414. The van der Waals surface area contributed by atoms with Gasteiger partial charge in [0.15, 0.2) is 5.82 Å². The third-order valence-corrected chi connectivity index (χ3v) is 8.81. The van der Waals surface area contributed by atoms with Crippen LogP contribution in [0.4, 0.5) is 5.95 Å². The van der Waals surface area contributed by atoms with Gasteiger partial charge in [-0.3, -0.25) is 14.2 Å². The van der Waals surface area contributed by atoms with E-state index in [0.29, 0.717) is 41.8 Å².